The largest absolute Gasteiger partial charge is 0.390 e. The predicted molar refractivity (Wildman–Crippen MR) is 289 cm³/mol. The van der Waals surface area contributed by atoms with Gasteiger partial charge in [0, 0.05) is 157 Å². The molecule has 0 bridgehead atoms. The minimum atomic E-state index is -0.464. The molecule has 352 valence electrons. The SMILES string of the molecule is CNCC(O)CN1CCN(CC(O)Cn2c3ccc(Br)cc3c3cc(Br)ccc32)CC1.OC(CN1CCN(c2nc(-c3ccccc3)ns2)CC1)Cn1c2ccc(Br)cc2c2cc(Br)ccc21. The van der Waals surface area contributed by atoms with Gasteiger partial charge in [-0.25, -0.2) is 0 Å². The summed E-state index contributed by atoms with van der Waals surface area (Å²) in [6.45, 7) is 11.0. The van der Waals surface area contributed by atoms with E-state index in [2.05, 4.69) is 175 Å². The molecule has 12 nitrogen and oxygen atoms in total. The Balaban J connectivity index is 0.000000170. The summed E-state index contributed by atoms with van der Waals surface area (Å²) < 4.78 is 13.3. The van der Waals surface area contributed by atoms with E-state index >= 15 is 0 Å². The fourth-order valence-corrected chi connectivity index (χ4v) is 11.7. The van der Waals surface area contributed by atoms with Crippen LogP contribution in [0.25, 0.3) is 55.0 Å². The Morgan fingerprint density at radius 2 is 0.910 bits per heavy atom. The average molecular weight is 1180 g/mol. The smallest absolute Gasteiger partial charge is 0.205 e. The van der Waals surface area contributed by atoms with Crippen molar-refractivity contribution in [2.75, 3.05) is 90.5 Å². The molecule has 5 heterocycles. The number of nitrogens with zero attached hydrogens (tertiary/aromatic N) is 8. The van der Waals surface area contributed by atoms with Crippen LogP contribution in [0.15, 0.2) is 121 Å². The molecule has 3 atom stereocenters. The summed E-state index contributed by atoms with van der Waals surface area (Å²) in [5, 5.41) is 40.8. The Kier molecular flexibility index (Phi) is 16.1. The molecule has 0 aliphatic carbocycles. The van der Waals surface area contributed by atoms with Crippen molar-refractivity contribution >= 4 is 124 Å². The lowest BCUT2D eigenvalue weighted by atomic mass is 10.2. The Morgan fingerprint density at radius 1 is 0.522 bits per heavy atom. The number of halogens is 4. The van der Waals surface area contributed by atoms with Gasteiger partial charge < -0.3 is 34.7 Å². The molecular weight excluding hydrogens is 1130 g/mol. The normalized spacial score (nSPS) is 16.8. The third kappa shape index (κ3) is 11.7. The molecule has 0 spiro atoms. The Labute approximate surface area is 428 Å². The van der Waals surface area contributed by atoms with Crippen molar-refractivity contribution in [3.8, 4) is 11.4 Å². The second-order valence-electron chi connectivity index (χ2n) is 17.5. The summed E-state index contributed by atoms with van der Waals surface area (Å²) in [4.78, 5) is 14.0. The van der Waals surface area contributed by atoms with Crippen LogP contribution in [-0.4, -0.2) is 152 Å². The summed E-state index contributed by atoms with van der Waals surface area (Å²) >= 11 is 15.9. The van der Waals surface area contributed by atoms with Gasteiger partial charge >= 0.3 is 0 Å². The van der Waals surface area contributed by atoms with Gasteiger partial charge in [0.15, 0.2) is 5.82 Å². The number of hydrogen-bond donors (Lipinski definition) is 4. The molecular formula is C50H55Br4N9O3S. The summed E-state index contributed by atoms with van der Waals surface area (Å²) in [5.74, 6) is 0.790. The number of nitrogens with one attached hydrogen (secondary N) is 1. The number of aliphatic hydroxyl groups excluding tert-OH is 3. The van der Waals surface area contributed by atoms with Crippen LogP contribution in [0, 0.1) is 0 Å². The minimum absolute atomic E-state index is 0.336. The molecule has 3 unspecified atom stereocenters. The number of aliphatic hydroxyl groups is 3. The van der Waals surface area contributed by atoms with Crippen LogP contribution in [0.1, 0.15) is 0 Å². The molecule has 2 saturated heterocycles. The highest BCUT2D eigenvalue weighted by molar-refractivity contribution is 9.11. The zero-order chi connectivity index (χ0) is 46.6. The quantitative estimate of drug-likeness (QED) is 0.0841. The molecule has 3 aromatic heterocycles. The van der Waals surface area contributed by atoms with E-state index in [9.17, 15) is 15.3 Å². The van der Waals surface area contributed by atoms with E-state index in [-0.39, 0.29) is 6.10 Å². The minimum Gasteiger partial charge on any atom is -0.390 e. The van der Waals surface area contributed by atoms with Gasteiger partial charge in [0.05, 0.1) is 31.4 Å². The van der Waals surface area contributed by atoms with Gasteiger partial charge in [0.25, 0.3) is 0 Å². The Bertz CT molecular complexity index is 2820. The highest BCUT2D eigenvalue weighted by Gasteiger charge is 2.25. The highest BCUT2D eigenvalue weighted by Crippen LogP contribution is 2.35. The van der Waals surface area contributed by atoms with Crippen LogP contribution in [0.3, 0.4) is 0 Å². The molecule has 2 aliphatic heterocycles. The van der Waals surface area contributed by atoms with Crippen LogP contribution in [0.4, 0.5) is 5.13 Å². The molecule has 67 heavy (non-hydrogen) atoms. The zero-order valence-corrected chi connectivity index (χ0v) is 44.4. The van der Waals surface area contributed by atoms with Crippen molar-refractivity contribution < 1.29 is 15.3 Å². The summed E-state index contributed by atoms with van der Waals surface area (Å²) in [5.41, 5.74) is 5.60. The van der Waals surface area contributed by atoms with Gasteiger partial charge in [0.1, 0.15) is 0 Å². The van der Waals surface area contributed by atoms with E-state index in [0.717, 1.165) is 109 Å². The maximum absolute atomic E-state index is 11.1. The molecule has 2 aliphatic rings. The van der Waals surface area contributed by atoms with E-state index in [4.69, 9.17) is 4.98 Å². The first-order chi connectivity index (χ1) is 32.5. The Hall–Kier alpha value is -3.30. The van der Waals surface area contributed by atoms with E-state index in [0.29, 0.717) is 39.3 Å². The molecule has 5 aromatic carbocycles. The number of fused-ring (bicyclic) bond motifs is 6. The van der Waals surface area contributed by atoms with Gasteiger partial charge in [-0.05, 0) is 79.8 Å². The third-order valence-electron chi connectivity index (χ3n) is 12.8. The van der Waals surface area contributed by atoms with Gasteiger partial charge in [-0.15, -0.1) is 0 Å². The van der Waals surface area contributed by atoms with Crippen molar-refractivity contribution in [3.05, 3.63) is 121 Å². The average Bonchev–Trinajstić information content (AvgIpc) is 4.01. The van der Waals surface area contributed by atoms with Crippen molar-refractivity contribution in [1.29, 1.82) is 0 Å². The lowest BCUT2D eigenvalue weighted by Gasteiger charge is -2.36. The highest BCUT2D eigenvalue weighted by atomic mass is 79.9. The molecule has 0 saturated carbocycles. The second kappa shape index (κ2) is 22.2. The molecule has 2 fully saturated rings. The van der Waals surface area contributed by atoms with Gasteiger partial charge in [0.2, 0.25) is 5.13 Å². The summed E-state index contributed by atoms with van der Waals surface area (Å²) in [7, 11) is 1.86. The first-order valence-corrected chi connectivity index (χ1v) is 26.7. The standard InChI is InChI=1S/C27H25Br2N5OS.C23H30Br2N4O2/c28-19-6-8-24-22(14-19)23-15-20(29)7-9-25(23)34(24)17-21(35)16-32-10-12-33(13-11-32)27-30-26(31-36-27)18-4-2-1-3-5-18;1-26-12-18(30)13-27-6-8-28(9-7-27)14-19(31)15-29-22-4-2-16(24)10-20(22)21-11-17(25)3-5-23(21)29/h1-9,14-15,21,35H,10-13,16-17H2;2-5,10-11,18-19,26,30-31H,6-9,12-15H2,1H3. The van der Waals surface area contributed by atoms with E-state index in [1.807, 2.05) is 37.4 Å². The molecule has 0 radical (unpaired) electrons. The molecule has 10 rings (SSSR count). The number of β-amino-alcohol motifs (C(OH)–C–C–N with tert-alkyl or cyclic N) is 3. The topological polar surface area (TPSA) is 121 Å². The maximum atomic E-state index is 11.1. The predicted octanol–water partition coefficient (Wildman–Crippen LogP) is 8.90. The van der Waals surface area contributed by atoms with Crippen molar-refractivity contribution in [2.24, 2.45) is 0 Å². The number of piperazine rings is 2. The van der Waals surface area contributed by atoms with Crippen LogP contribution in [-0.2, 0) is 13.1 Å². The van der Waals surface area contributed by atoms with Crippen LogP contribution < -0.4 is 10.2 Å². The number of anilines is 1. The summed E-state index contributed by atoms with van der Waals surface area (Å²) in [6.07, 6.45) is -1.25. The first kappa shape index (κ1) is 48.7. The van der Waals surface area contributed by atoms with Crippen LogP contribution >= 0.6 is 75.3 Å². The molecule has 0 amide bonds. The van der Waals surface area contributed by atoms with Gasteiger partial charge in [-0.2, -0.15) is 9.36 Å². The van der Waals surface area contributed by atoms with E-state index in [1.54, 1.807) is 0 Å². The zero-order valence-electron chi connectivity index (χ0n) is 37.3. The number of hydrogen-bond acceptors (Lipinski definition) is 11. The lowest BCUT2D eigenvalue weighted by molar-refractivity contribution is 0.0453. The van der Waals surface area contributed by atoms with E-state index < -0.39 is 12.2 Å². The van der Waals surface area contributed by atoms with E-state index in [1.165, 1.54) is 33.1 Å². The molecule has 4 N–H and O–H groups in total. The van der Waals surface area contributed by atoms with Crippen molar-refractivity contribution in [2.45, 2.75) is 31.4 Å². The monoisotopic (exact) mass is 1180 g/mol. The Morgan fingerprint density at radius 3 is 1.31 bits per heavy atom. The fraction of sp³-hybridized carbons (Fsp3) is 0.360. The first-order valence-electron chi connectivity index (χ1n) is 22.7. The number of benzene rings is 5. The van der Waals surface area contributed by atoms with Crippen LogP contribution in [0.2, 0.25) is 0 Å². The second-order valence-corrected chi connectivity index (χ2v) is 21.9. The fourth-order valence-electron chi connectivity index (χ4n) is 9.55. The van der Waals surface area contributed by atoms with Gasteiger partial charge in [-0.1, -0.05) is 94.1 Å². The number of aromatic nitrogens is 4. The number of likely N-dealkylation sites (N-methyl/N-ethyl adjacent to an activating group) is 1. The van der Waals surface area contributed by atoms with Crippen LogP contribution in [0.5, 0.6) is 0 Å². The maximum Gasteiger partial charge on any atom is 0.205 e. The molecule has 17 heteroatoms. The number of rotatable bonds is 14. The van der Waals surface area contributed by atoms with Crippen molar-refractivity contribution in [3.63, 3.8) is 0 Å². The van der Waals surface area contributed by atoms with Crippen molar-refractivity contribution in [1.82, 2.24) is 38.5 Å². The molecule has 8 aromatic rings. The lowest BCUT2D eigenvalue weighted by Crippen LogP contribution is -2.51. The third-order valence-corrected chi connectivity index (χ3v) is 15.5. The van der Waals surface area contributed by atoms with Gasteiger partial charge in [-0.3, -0.25) is 14.7 Å². The summed E-state index contributed by atoms with van der Waals surface area (Å²) in [6, 6.07) is 35.5.